The Morgan fingerprint density at radius 2 is 1.94 bits per heavy atom. The lowest BCUT2D eigenvalue weighted by atomic mass is 10.1. The zero-order valence-electron chi connectivity index (χ0n) is 11.1. The summed E-state index contributed by atoms with van der Waals surface area (Å²) in [5, 5.41) is 8.59. The molecule has 0 saturated heterocycles. The highest BCUT2D eigenvalue weighted by Crippen LogP contribution is 2.13. The third-order valence-corrected chi connectivity index (χ3v) is 2.57. The number of carboxylic acid groups (broad SMARTS) is 1. The van der Waals surface area contributed by atoms with Crippen LogP contribution in [0.3, 0.4) is 0 Å². The van der Waals surface area contributed by atoms with Crippen LogP contribution >= 0.6 is 0 Å². The second kappa shape index (κ2) is 7.71. The zero-order valence-corrected chi connectivity index (χ0v) is 11.1. The van der Waals surface area contributed by atoms with Crippen molar-refractivity contribution in [1.82, 2.24) is 4.90 Å². The number of rotatable bonds is 8. The van der Waals surface area contributed by atoms with Crippen LogP contribution in [0.25, 0.3) is 0 Å². The smallest absolute Gasteiger partial charge is 0.303 e. The van der Waals surface area contributed by atoms with Gasteiger partial charge in [0.1, 0.15) is 5.75 Å². The number of aliphatic carboxylic acids is 1. The van der Waals surface area contributed by atoms with Crippen LogP contribution in [0.5, 0.6) is 5.75 Å². The highest BCUT2D eigenvalue weighted by molar-refractivity contribution is 5.67. The van der Waals surface area contributed by atoms with Crippen LogP contribution in [0.2, 0.25) is 0 Å². The van der Waals surface area contributed by atoms with Crippen molar-refractivity contribution in [3.63, 3.8) is 0 Å². The molecular weight excluding hydrogens is 230 g/mol. The van der Waals surface area contributed by atoms with E-state index in [1.807, 2.05) is 38.4 Å². The van der Waals surface area contributed by atoms with Gasteiger partial charge >= 0.3 is 5.97 Å². The van der Waals surface area contributed by atoms with Gasteiger partial charge in [0, 0.05) is 13.0 Å². The zero-order chi connectivity index (χ0) is 13.4. The first-order valence-corrected chi connectivity index (χ1v) is 6.16. The summed E-state index contributed by atoms with van der Waals surface area (Å²) in [6, 6.07) is 7.63. The molecule has 0 spiro atoms. The molecule has 0 aromatic heterocycles. The Kier molecular flexibility index (Phi) is 6.22. The number of nitrogens with zero attached hydrogens (tertiary/aromatic N) is 1. The van der Waals surface area contributed by atoms with Crippen LogP contribution in [-0.2, 0) is 11.2 Å². The Bertz CT molecular complexity index is 360. The van der Waals surface area contributed by atoms with Gasteiger partial charge in [-0.3, -0.25) is 4.79 Å². The Hall–Kier alpha value is -1.55. The summed E-state index contributed by atoms with van der Waals surface area (Å²) in [6.07, 6.45) is 1.73. The molecule has 4 nitrogen and oxygen atoms in total. The number of hydrogen-bond acceptors (Lipinski definition) is 3. The van der Waals surface area contributed by atoms with E-state index < -0.39 is 5.97 Å². The lowest BCUT2D eigenvalue weighted by Gasteiger charge is -2.10. The molecule has 1 rings (SSSR count). The molecule has 0 amide bonds. The van der Waals surface area contributed by atoms with Gasteiger partial charge in [-0.05, 0) is 44.6 Å². The number of carbonyl (C=O) groups is 1. The second-order valence-corrected chi connectivity index (χ2v) is 4.54. The summed E-state index contributed by atoms with van der Waals surface area (Å²) in [5.41, 5.74) is 1.03. The largest absolute Gasteiger partial charge is 0.494 e. The molecule has 0 radical (unpaired) electrons. The van der Waals surface area contributed by atoms with Gasteiger partial charge in [-0.1, -0.05) is 12.1 Å². The topological polar surface area (TPSA) is 49.8 Å². The minimum absolute atomic E-state index is 0.170. The SMILES string of the molecule is CN(C)CCCOc1ccc(CCC(=O)O)cc1. The highest BCUT2D eigenvalue weighted by atomic mass is 16.5. The molecule has 100 valence electrons. The normalized spacial score (nSPS) is 10.6. The standard InChI is InChI=1S/C14H21NO3/c1-15(2)10-3-11-18-13-7-4-12(5-8-13)6-9-14(16)17/h4-5,7-8H,3,6,9-11H2,1-2H3,(H,16,17). The first-order chi connectivity index (χ1) is 8.58. The monoisotopic (exact) mass is 251 g/mol. The first kappa shape index (κ1) is 14.5. The van der Waals surface area contributed by atoms with Crippen LogP contribution in [0.4, 0.5) is 0 Å². The lowest BCUT2D eigenvalue weighted by Crippen LogP contribution is -2.15. The van der Waals surface area contributed by atoms with Crippen molar-refractivity contribution in [3.05, 3.63) is 29.8 Å². The molecule has 0 heterocycles. The van der Waals surface area contributed by atoms with Gasteiger partial charge in [-0.25, -0.2) is 0 Å². The number of benzene rings is 1. The van der Waals surface area contributed by atoms with Gasteiger partial charge in [-0.15, -0.1) is 0 Å². The van der Waals surface area contributed by atoms with Crippen molar-refractivity contribution in [1.29, 1.82) is 0 Å². The number of carboxylic acids is 1. The summed E-state index contributed by atoms with van der Waals surface area (Å²) in [7, 11) is 4.08. The van der Waals surface area contributed by atoms with Gasteiger partial charge in [0.15, 0.2) is 0 Å². The predicted octanol–water partition coefficient (Wildman–Crippen LogP) is 2.03. The Morgan fingerprint density at radius 3 is 2.50 bits per heavy atom. The van der Waals surface area contributed by atoms with Crippen molar-refractivity contribution >= 4 is 5.97 Å². The molecule has 18 heavy (non-hydrogen) atoms. The molecule has 0 aliphatic rings. The van der Waals surface area contributed by atoms with E-state index in [1.54, 1.807) is 0 Å². The van der Waals surface area contributed by atoms with Crippen molar-refractivity contribution in [2.45, 2.75) is 19.3 Å². The average Bonchev–Trinajstić information content (AvgIpc) is 2.33. The maximum atomic E-state index is 10.4. The third kappa shape index (κ3) is 6.25. The first-order valence-electron chi connectivity index (χ1n) is 6.16. The number of hydrogen-bond donors (Lipinski definition) is 1. The summed E-state index contributed by atoms with van der Waals surface area (Å²) < 4.78 is 5.59. The molecule has 0 unspecified atom stereocenters. The van der Waals surface area contributed by atoms with Gasteiger partial charge in [0.05, 0.1) is 6.61 Å². The molecule has 1 N–H and O–H groups in total. The fourth-order valence-corrected chi connectivity index (χ4v) is 1.57. The molecule has 0 saturated carbocycles. The fourth-order valence-electron chi connectivity index (χ4n) is 1.57. The number of aryl methyl sites for hydroxylation is 1. The minimum Gasteiger partial charge on any atom is -0.494 e. The van der Waals surface area contributed by atoms with E-state index in [0.29, 0.717) is 13.0 Å². The van der Waals surface area contributed by atoms with Crippen LogP contribution in [-0.4, -0.2) is 43.2 Å². The molecular formula is C14H21NO3. The van der Waals surface area contributed by atoms with E-state index in [9.17, 15) is 4.79 Å². The predicted molar refractivity (Wildman–Crippen MR) is 71.1 cm³/mol. The fraction of sp³-hybridized carbons (Fsp3) is 0.500. The Morgan fingerprint density at radius 1 is 1.28 bits per heavy atom. The van der Waals surface area contributed by atoms with Gasteiger partial charge in [0.2, 0.25) is 0 Å². The maximum Gasteiger partial charge on any atom is 0.303 e. The molecule has 0 fully saturated rings. The average molecular weight is 251 g/mol. The second-order valence-electron chi connectivity index (χ2n) is 4.54. The van der Waals surface area contributed by atoms with E-state index >= 15 is 0 Å². The molecule has 4 heteroatoms. The molecule has 0 atom stereocenters. The van der Waals surface area contributed by atoms with Crippen LogP contribution in [0, 0.1) is 0 Å². The minimum atomic E-state index is -0.765. The van der Waals surface area contributed by atoms with E-state index in [4.69, 9.17) is 9.84 Å². The van der Waals surface area contributed by atoms with E-state index in [2.05, 4.69) is 4.90 Å². The van der Waals surface area contributed by atoms with Gasteiger partial charge in [0.25, 0.3) is 0 Å². The Balaban J connectivity index is 2.29. The van der Waals surface area contributed by atoms with Gasteiger partial charge < -0.3 is 14.7 Å². The van der Waals surface area contributed by atoms with Crippen LogP contribution in [0.15, 0.2) is 24.3 Å². The highest BCUT2D eigenvalue weighted by Gasteiger charge is 2.00. The third-order valence-electron chi connectivity index (χ3n) is 2.57. The van der Waals surface area contributed by atoms with E-state index in [-0.39, 0.29) is 6.42 Å². The summed E-state index contributed by atoms with van der Waals surface area (Å²) in [5.74, 6) is 0.0758. The molecule has 1 aromatic rings. The number of ether oxygens (including phenoxy) is 1. The summed E-state index contributed by atoms with van der Waals surface area (Å²) in [4.78, 5) is 12.6. The van der Waals surface area contributed by atoms with E-state index in [1.165, 1.54) is 0 Å². The van der Waals surface area contributed by atoms with Crippen molar-refractivity contribution < 1.29 is 14.6 Å². The Labute approximate surface area is 108 Å². The molecule has 0 aliphatic heterocycles. The molecule has 0 aliphatic carbocycles. The van der Waals surface area contributed by atoms with E-state index in [0.717, 1.165) is 24.3 Å². The summed E-state index contributed by atoms with van der Waals surface area (Å²) in [6.45, 7) is 1.71. The lowest BCUT2D eigenvalue weighted by molar-refractivity contribution is -0.136. The molecule has 0 bridgehead atoms. The molecule has 1 aromatic carbocycles. The van der Waals surface area contributed by atoms with Crippen LogP contribution < -0.4 is 4.74 Å². The summed E-state index contributed by atoms with van der Waals surface area (Å²) >= 11 is 0. The van der Waals surface area contributed by atoms with Crippen molar-refractivity contribution in [3.8, 4) is 5.75 Å². The van der Waals surface area contributed by atoms with Crippen molar-refractivity contribution in [2.75, 3.05) is 27.2 Å². The maximum absolute atomic E-state index is 10.4. The quantitative estimate of drug-likeness (QED) is 0.718. The van der Waals surface area contributed by atoms with Crippen LogP contribution in [0.1, 0.15) is 18.4 Å². The van der Waals surface area contributed by atoms with Gasteiger partial charge in [-0.2, -0.15) is 0 Å². The van der Waals surface area contributed by atoms with Crippen molar-refractivity contribution in [2.24, 2.45) is 0 Å².